The Morgan fingerprint density at radius 2 is 1.94 bits per heavy atom. The molecule has 0 amide bonds. The molecule has 0 bridgehead atoms. The molecule has 1 fully saturated rings. The Balaban J connectivity index is 2.12. The first kappa shape index (κ1) is 11.5. The van der Waals surface area contributed by atoms with Crippen LogP contribution in [0.4, 0.5) is 0 Å². The molecular formula is C14H21NO. The summed E-state index contributed by atoms with van der Waals surface area (Å²) in [4.78, 5) is 0. The maximum Gasteiger partial charge on any atom is 0.123 e. The summed E-state index contributed by atoms with van der Waals surface area (Å²) in [5.74, 6) is 1.06. The van der Waals surface area contributed by atoms with Gasteiger partial charge in [-0.25, -0.2) is 0 Å². The zero-order chi connectivity index (χ0) is 11.4. The zero-order valence-electron chi connectivity index (χ0n) is 10.3. The van der Waals surface area contributed by atoms with Gasteiger partial charge in [-0.15, -0.1) is 0 Å². The third-order valence-electron chi connectivity index (χ3n) is 3.37. The number of aryl methyl sites for hydroxylation is 1. The fourth-order valence-electron chi connectivity index (χ4n) is 2.22. The van der Waals surface area contributed by atoms with Crippen molar-refractivity contribution in [1.29, 1.82) is 0 Å². The largest absolute Gasteiger partial charge is 0.487 e. The Morgan fingerprint density at radius 3 is 2.62 bits per heavy atom. The van der Waals surface area contributed by atoms with E-state index >= 15 is 0 Å². The van der Waals surface area contributed by atoms with E-state index in [1.807, 2.05) is 0 Å². The minimum absolute atomic E-state index is 0.0104. The van der Waals surface area contributed by atoms with Crippen molar-refractivity contribution in [1.82, 2.24) is 5.32 Å². The number of hydrogen-bond donors (Lipinski definition) is 1. The van der Waals surface area contributed by atoms with Crippen LogP contribution >= 0.6 is 0 Å². The van der Waals surface area contributed by atoms with Crippen molar-refractivity contribution in [3.63, 3.8) is 0 Å². The molecule has 0 atom stereocenters. The van der Waals surface area contributed by atoms with Gasteiger partial charge in [0.25, 0.3) is 0 Å². The van der Waals surface area contributed by atoms with E-state index < -0.39 is 0 Å². The standard InChI is InChI=1S/C14H21NO/c1-3-12-6-4-5-7-13(12)16-14(2)8-10-15-11-9-14/h4-7,15H,3,8-11H2,1-2H3. The molecule has 2 nitrogen and oxygen atoms in total. The Labute approximate surface area is 98.0 Å². The summed E-state index contributed by atoms with van der Waals surface area (Å²) in [7, 11) is 0. The number of benzene rings is 1. The third-order valence-corrected chi connectivity index (χ3v) is 3.37. The summed E-state index contributed by atoms with van der Waals surface area (Å²) in [6.07, 6.45) is 3.21. The van der Waals surface area contributed by atoms with Crippen molar-refractivity contribution >= 4 is 0 Å². The molecule has 1 aliphatic rings. The normalized spacial score (nSPS) is 19.4. The van der Waals surface area contributed by atoms with E-state index in [-0.39, 0.29) is 5.60 Å². The first-order valence-corrected chi connectivity index (χ1v) is 6.21. The molecule has 1 aromatic carbocycles. The number of hydrogen-bond acceptors (Lipinski definition) is 2. The molecule has 0 radical (unpaired) electrons. The number of nitrogens with one attached hydrogen (secondary N) is 1. The lowest BCUT2D eigenvalue weighted by Crippen LogP contribution is -2.44. The topological polar surface area (TPSA) is 21.3 Å². The van der Waals surface area contributed by atoms with Crippen molar-refractivity contribution in [3.8, 4) is 5.75 Å². The van der Waals surface area contributed by atoms with E-state index in [1.54, 1.807) is 0 Å². The highest BCUT2D eigenvalue weighted by Gasteiger charge is 2.29. The highest BCUT2D eigenvalue weighted by molar-refractivity contribution is 5.33. The van der Waals surface area contributed by atoms with Gasteiger partial charge in [-0.1, -0.05) is 25.1 Å². The summed E-state index contributed by atoms with van der Waals surface area (Å²) in [6.45, 7) is 6.52. The van der Waals surface area contributed by atoms with Crippen LogP contribution in [0, 0.1) is 0 Å². The maximum atomic E-state index is 6.22. The second-order valence-corrected chi connectivity index (χ2v) is 4.76. The number of rotatable bonds is 3. The lowest BCUT2D eigenvalue weighted by molar-refractivity contribution is 0.0546. The van der Waals surface area contributed by atoms with Crippen LogP contribution in [0.1, 0.15) is 32.3 Å². The molecule has 1 N–H and O–H groups in total. The molecule has 16 heavy (non-hydrogen) atoms. The van der Waals surface area contributed by atoms with Gasteiger partial charge < -0.3 is 10.1 Å². The molecule has 0 aliphatic carbocycles. The molecule has 2 heteroatoms. The highest BCUT2D eigenvalue weighted by atomic mass is 16.5. The van der Waals surface area contributed by atoms with Gasteiger partial charge >= 0.3 is 0 Å². The monoisotopic (exact) mass is 219 g/mol. The fraction of sp³-hybridized carbons (Fsp3) is 0.571. The van der Waals surface area contributed by atoms with Crippen LogP contribution in [-0.4, -0.2) is 18.7 Å². The Bertz CT molecular complexity index is 342. The predicted molar refractivity (Wildman–Crippen MR) is 67.0 cm³/mol. The number of piperidine rings is 1. The smallest absolute Gasteiger partial charge is 0.123 e. The van der Waals surface area contributed by atoms with Crippen molar-refractivity contribution in [2.24, 2.45) is 0 Å². The van der Waals surface area contributed by atoms with E-state index in [9.17, 15) is 0 Å². The first-order chi connectivity index (χ1) is 7.73. The van der Waals surface area contributed by atoms with Crippen LogP contribution in [0.5, 0.6) is 5.75 Å². The SMILES string of the molecule is CCc1ccccc1OC1(C)CCNCC1. The molecular weight excluding hydrogens is 198 g/mol. The third kappa shape index (κ3) is 2.56. The Morgan fingerprint density at radius 1 is 1.25 bits per heavy atom. The summed E-state index contributed by atoms with van der Waals surface area (Å²) >= 11 is 0. The highest BCUT2D eigenvalue weighted by Crippen LogP contribution is 2.28. The van der Waals surface area contributed by atoms with Gasteiger partial charge in [0.05, 0.1) is 0 Å². The van der Waals surface area contributed by atoms with Crippen LogP contribution in [0.3, 0.4) is 0 Å². The van der Waals surface area contributed by atoms with Crippen LogP contribution in [0.2, 0.25) is 0 Å². The zero-order valence-corrected chi connectivity index (χ0v) is 10.3. The second kappa shape index (κ2) is 4.88. The summed E-state index contributed by atoms with van der Waals surface area (Å²) < 4.78 is 6.22. The van der Waals surface area contributed by atoms with E-state index in [0.717, 1.165) is 38.1 Å². The van der Waals surface area contributed by atoms with E-state index in [1.165, 1.54) is 5.56 Å². The van der Waals surface area contributed by atoms with Crippen molar-refractivity contribution in [2.45, 2.75) is 38.7 Å². The molecule has 0 spiro atoms. The lowest BCUT2D eigenvalue weighted by Gasteiger charge is -2.35. The van der Waals surface area contributed by atoms with Gasteiger partial charge in [0.2, 0.25) is 0 Å². The van der Waals surface area contributed by atoms with Crippen molar-refractivity contribution in [3.05, 3.63) is 29.8 Å². The lowest BCUT2D eigenvalue weighted by atomic mass is 9.94. The second-order valence-electron chi connectivity index (χ2n) is 4.76. The molecule has 1 aromatic rings. The molecule has 0 unspecified atom stereocenters. The van der Waals surface area contributed by atoms with E-state index in [4.69, 9.17) is 4.74 Å². The molecule has 2 rings (SSSR count). The fourth-order valence-corrected chi connectivity index (χ4v) is 2.22. The Kier molecular flexibility index (Phi) is 3.49. The van der Waals surface area contributed by atoms with E-state index in [2.05, 4.69) is 43.4 Å². The quantitative estimate of drug-likeness (QED) is 0.844. The molecule has 0 saturated carbocycles. The molecule has 1 aliphatic heterocycles. The first-order valence-electron chi connectivity index (χ1n) is 6.21. The van der Waals surface area contributed by atoms with Gasteiger partial charge in [0.1, 0.15) is 11.4 Å². The van der Waals surface area contributed by atoms with Crippen molar-refractivity contribution < 1.29 is 4.74 Å². The maximum absolute atomic E-state index is 6.22. The number of ether oxygens (including phenoxy) is 1. The summed E-state index contributed by atoms with van der Waals surface area (Å²) in [5, 5.41) is 3.37. The average Bonchev–Trinajstić information content (AvgIpc) is 2.30. The van der Waals surface area contributed by atoms with Gasteiger partial charge in [-0.3, -0.25) is 0 Å². The van der Waals surface area contributed by atoms with Crippen LogP contribution < -0.4 is 10.1 Å². The predicted octanol–water partition coefficient (Wildman–Crippen LogP) is 2.77. The molecule has 0 aromatic heterocycles. The average molecular weight is 219 g/mol. The summed E-state index contributed by atoms with van der Waals surface area (Å²) in [5.41, 5.74) is 1.32. The van der Waals surface area contributed by atoms with Gasteiger partial charge in [-0.2, -0.15) is 0 Å². The van der Waals surface area contributed by atoms with Crippen molar-refractivity contribution in [2.75, 3.05) is 13.1 Å². The van der Waals surface area contributed by atoms with Crippen LogP contribution in [-0.2, 0) is 6.42 Å². The van der Waals surface area contributed by atoms with Crippen LogP contribution in [0.15, 0.2) is 24.3 Å². The van der Waals surface area contributed by atoms with Gasteiger partial charge in [-0.05, 0) is 50.9 Å². The summed E-state index contributed by atoms with van der Waals surface area (Å²) in [6, 6.07) is 8.38. The van der Waals surface area contributed by atoms with E-state index in [0.29, 0.717) is 0 Å². The molecule has 88 valence electrons. The van der Waals surface area contributed by atoms with Gasteiger partial charge in [0.15, 0.2) is 0 Å². The molecule has 1 heterocycles. The minimum Gasteiger partial charge on any atom is -0.487 e. The minimum atomic E-state index is 0.0104. The Hall–Kier alpha value is -1.02. The molecule has 1 saturated heterocycles. The van der Waals surface area contributed by atoms with Crippen LogP contribution in [0.25, 0.3) is 0 Å². The number of para-hydroxylation sites is 1. The van der Waals surface area contributed by atoms with Gasteiger partial charge in [0, 0.05) is 0 Å².